The predicted molar refractivity (Wildman–Crippen MR) is 72.1 cm³/mol. The van der Waals surface area contributed by atoms with Crippen LogP contribution in [0, 0.1) is 17.0 Å². The van der Waals surface area contributed by atoms with Crippen LogP contribution < -0.4 is 5.32 Å². The first-order valence-corrected chi connectivity index (χ1v) is 6.47. The van der Waals surface area contributed by atoms with Gasteiger partial charge in [0, 0.05) is 23.9 Å². The maximum absolute atomic E-state index is 11.0. The van der Waals surface area contributed by atoms with Crippen molar-refractivity contribution in [2.45, 2.75) is 13.3 Å². The molecule has 2 aromatic rings. The summed E-state index contributed by atoms with van der Waals surface area (Å²) < 4.78 is 0. The molecule has 0 saturated heterocycles. The maximum atomic E-state index is 11.0. The second-order valence-electron chi connectivity index (χ2n) is 3.88. The van der Waals surface area contributed by atoms with Crippen molar-refractivity contribution < 1.29 is 4.92 Å². The van der Waals surface area contributed by atoms with E-state index >= 15 is 0 Å². The molecule has 2 rings (SSSR count). The lowest BCUT2D eigenvalue weighted by Gasteiger charge is -2.07. The molecule has 0 radical (unpaired) electrons. The Bertz CT molecular complexity index is 540. The van der Waals surface area contributed by atoms with E-state index in [1.807, 2.05) is 11.4 Å². The molecular formula is C12H13N3O2S. The van der Waals surface area contributed by atoms with Crippen molar-refractivity contribution in [3.63, 3.8) is 0 Å². The summed E-state index contributed by atoms with van der Waals surface area (Å²) in [6, 6.07) is 5.28. The van der Waals surface area contributed by atoms with E-state index in [0.717, 1.165) is 12.1 Å². The fraction of sp³-hybridized carbons (Fsp3) is 0.250. The highest BCUT2D eigenvalue weighted by Crippen LogP contribution is 2.27. The van der Waals surface area contributed by atoms with E-state index in [1.54, 1.807) is 35.9 Å². The normalized spacial score (nSPS) is 10.3. The second kappa shape index (κ2) is 5.59. The molecule has 0 unspecified atom stereocenters. The van der Waals surface area contributed by atoms with Gasteiger partial charge < -0.3 is 5.32 Å². The molecule has 0 aliphatic carbocycles. The lowest BCUT2D eigenvalue weighted by Crippen LogP contribution is -2.07. The largest absolute Gasteiger partial charge is 0.379 e. The monoisotopic (exact) mass is 263 g/mol. The van der Waals surface area contributed by atoms with Crippen LogP contribution in [0.1, 0.15) is 11.3 Å². The summed E-state index contributed by atoms with van der Waals surface area (Å²) in [4.78, 5) is 14.8. The topological polar surface area (TPSA) is 68.1 Å². The first-order valence-electron chi connectivity index (χ1n) is 5.53. The number of nitro groups is 1. The highest BCUT2D eigenvalue weighted by molar-refractivity contribution is 7.07. The predicted octanol–water partition coefficient (Wildman–Crippen LogP) is 3.01. The van der Waals surface area contributed by atoms with Crippen LogP contribution in [0.15, 0.2) is 29.1 Å². The molecule has 0 saturated carbocycles. The van der Waals surface area contributed by atoms with Gasteiger partial charge in [0.25, 0.3) is 5.69 Å². The first kappa shape index (κ1) is 12.5. The van der Waals surface area contributed by atoms with Crippen LogP contribution in [0.2, 0.25) is 0 Å². The number of nitrogens with one attached hydrogen (secondary N) is 1. The number of hydrogen-bond acceptors (Lipinski definition) is 5. The average molecular weight is 263 g/mol. The second-order valence-corrected chi connectivity index (χ2v) is 4.60. The van der Waals surface area contributed by atoms with E-state index in [0.29, 0.717) is 17.8 Å². The van der Waals surface area contributed by atoms with Crippen LogP contribution in [0.3, 0.4) is 0 Å². The minimum atomic E-state index is -0.347. The molecule has 1 aromatic carbocycles. The number of benzene rings is 1. The standard InChI is InChI=1S/C12H13N3O2S/c1-9-3-2-4-11(12(9)15(16)17)13-6-5-10-7-18-8-14-10/h2-4,7-8,13H,5-6H2,1H3. The summed E-state index contributed by atoms with van der Waals surface area (Å²) in [5.41, 5.74) is 4.16. The molecular weight excluding hydrogens is 250 g/mol. The van der Waals surface area contributed by atoms with Crippen LogP contribution in [0.25, 0.3) is 0 Å². The highest BCUT2D eigenvalue weighted by Gasteiger charge is 2.15. The molecule has 94 valence electrons. The van der Waals surface area contributed by atoms with E-state index in [2.05, 4.69) is 10.3 Å². The molecule has 0 aliphatic rings. The SMILES string of the molecule is Cc1cccc(NCCc2cscn2)c1[N+](=O)[O-]. The molecule has 0 spiro atoms. The molecule has 1 N–H and O–H groups in total. The molecule has 6 heteroatoms. The number of aromatic nitrogens is 1. The molecule has 1 aromatic heterocycles. The van der Waals surface area contributed by atoms with E-state index in [9.17, 15) is 10.1 Å². The third-order valence-electron chi connectivity index (χ3n) is 2.60. The van der Waals surface area contributed by atoms with E-state index in [1.165, 1.54) is 0 Å². The van der Waals surface area contributed by atoms with Gasteiger partial charge in [-0.2, -0.15) is 0 Å². The molecule has 18 heavy (non-hydrogen) atoms. The summed E-state index contributed by atoms with van der Waals surface area (Å²) >= 11 is 1.55. The molecule has 0 atom stereocenters. The van der Waals surface area contributed by atoms with E-state index < -0.39 is 0 Å². The van der Waals surface area contributed by atoms with Gasteiger partial charge in [0.05, 0.1) is 16.1 Å². The smallest absolute Gasteiger partial charge is 0.295 e. The summed E-state index contributed by atoms with van der Waals surface area (Å²) in [6.07, 6.45) is 0.759. The number of anilines is 1. The van der Waals surface area contributed by atoms with Gasteiger partial charge >= 0.3 is 0 Å². The number of nitro benzene ring substituents is 1. The zero-order valence-corrected chi connectivity index (χ0v) is 10.7. The fourth-order valence-corrected chi connectivity index (χ4v) is 2.32. The van der Waals surface area contributed by atoms with Gasteiger partial charge in [-0.25, -0.2) is 4.98 Å². The third kappa shape index (κ3) is 2.84. The number of aryl methyl sites for hydroxylation is 1. The van der Waals surface area contributed by atoms with Gasteiger partial charge in [-0.3, -0.25) is 10.1 Å². The van der Waals surface area contributed by atoms with Gasteiger partial charge in [-0.05, 0) is 13.0 Å². The van der Waals surface area contributed by atoms with E-state index in [-0.39, 0.29) is 10.6 Å². The molecule has 0 fully saturated rings. The van der Waals surface area contributed by atoms with Crippen molar-refractivity contribution in [1.82, 2.24) is 4.98 Å². The summed E-state index contributed by atoms with van der Waals surface area (Å²) in [5.74, 6) is 0. The molecule has 0 amide bonds. The van der Waals surface area contributed by atoms with Crippen LogP contribution in [-0.2, 0) is 6.42 Å². The number of thiazole rings is 1. The van der Waals surface area contributed by atoms with Crippen LogP contribution in [-0.4, -0.2) is 16.5 Å². The van der Waals surface area contributed by atoms with Crippen molar-refractivity contribution in [2.75, 3.05) is 11.9 Å². The zero-order chi connectivity index (χ0) is 13.0. The Morgan fingerprint density at radius 1 is 1.50 bits per heavy atom. The highest BCUT2D eigenvalue weighted by atomic mass is 32.1. The van der Waals surface area contributed by atoms with Crippen molar-refractivity contribution in [3.8, 4) is 0 Å². The van der Waals surface area contributed by atoms with Crippen LogP contribution >= 0.6 is 11.3 Å². The Morgan fingerprint density at radius 2 is 2.33 bits per heavy atom. The van der Waals surface area contributed by atoms with Gasteiger partial charge in [0.2, 0.25) is 0 Å². The quantitative estimate of drug-likeness (QED) is 0.665. The lowest BCUT2D eigenvalue weighted by molar-refractivity contribution is -0.384. The third-order valence-corrected chi connectivity index (χ3v) is 3.24. The van der Waals surface area contributed by atoms with Gasteiger partial charge in [-0.15, -0.1) is 11.3 Å². The Labute approximate surface area is 109 Å². The summed E-state index contributed by atoms with van der Waals surface area (Å²) in [6.45, 7) is 2.37. The van der Waals surface area contributed by atoms with Gasteiger partial charge in [0.1, 0.15) is 5.69 Å². The van der Waals surface area contributed by atoms with Crippen molar-refractivity contribution >= 4 is 22.7 Å². The van der Waals surface area contributed by atoms with Crippen LogP contribution in [0.5, 0.6) is 0 Å². The lowest BCUT2D eigenvalue weighted by atomic mass is 10.1. The van der Waals surface area contributed by atoms with Crippen molar-refractivity contribution in [2.24, 2.45) is 0 Å². The number of hydrogen-bond donors (Lipinski definition) is 1. The molecule has 1 heterocycles. The molecule has 0 aliphatic heterocycles. The average Bonchev–Trinajstić information content (AvgIpc) is 2.81. The fourth-order valence-electron chi connectivity index (χ4n) is 1.73. The first-order chi connectivity index (χ1) is 8.68. The van der Waals surface area contributed by atoms with E-state index in [4.69, 9.17) is 0 Å². The number of rotatable bonds is 5. The Morgan fingerprint density at radius 3 is 3.00 bits per heavy atom. The minimum absolute atomic E-state index is 0.149. The number of para-hydroxylation sites is 1. The van der Waals surface area contributed by atoms with Gasteiger partial charge in [0.15, 0.2) is 0 Å². The summed E-state index contributed by atoms with van der Waals surface area (Å²) in [7, 11) is 0. The van der Waals surface area contributed by atoms with Crippen molar-refractivity contribution in [3.05, 3.63) is 50.5 Å². The van der Waals surface area contributed by atoms with Gasteiger partial charge in [-0.1, -0.05) is 12.1 Å². The maximum Gasteiger partial charge on any atom is 0.295 e. The van der Waals surface area contributed by atoms with Crippen LogP contribution in [0.4, 0.5) is 11.4 Å². The minimum Gasteiger partial charge on any atom is -0.379 e. The summed E-state index contributed by atoms with van der Waals surface area (Å²) in [5, 5.41) is 16.1. The molecule has 0 bridgehead atoms. The Hall–Kier alpha value is -1.95. The zero-order valence-electron chi connectivity index (χ0n) is 9.92. The van der Waals surface area contributed by atoms with Crippen molar-refractivity contribution in [1.29, 1.82) is 0 Å². The Kier molecular flexibility index (Phi) is 3.88. The molecule has 5 nitrogen and oxygen atoms in total. The Balaban J connectivity index is 2.05. The number of nitrogens with zero attached hydrogens (tertiary/aromatic N) is 2.